The van der Waals surface area contributed by atoms with Crippen molar-refractivity contribution in [1.82, 2.24) is 19.7 Å². The molecule has 2 aromatic heterocycles. The molecule has 0 amide bonds. The molecule has 0 saturated carbocycles. The van der Waals surface area contributed by atoms with Crippen molar-refractivity contribution < 1.29 is 0 Å². The molecule has 0 saturated heterocycles. The van der Waals surface area contributed by atoms with Gasteiger partial charge in [-0.05, 0) is 12.1 Å². The first-order valence-electron chi connectivity index (χ1n) is 5.89. The Morgan fingerprint density at radius 1 is 1.30 bits per heavy atom. The van der Waals surface area contributed by atoms with Gasteiger partial charge < -0.3 is 5.32 Å². The molecule has 1 aromatic carbocycles. The van der Waals surface area contributed by atoms with Crippen molar-refractivity contribution in [1.29, 1.82) is 5.26 Å². The Morgan fingerprint density at radius 3 is 2.95 bits per heavy atom. The summed E-state index contributed by atoms with van der Waals surface area (Å²) in [5.74, 6) is 0.288. The van der Waals surface area contributed by atoms with Crippen molar-refractivity contribution in [2.75, 3.05) is 5.32 Å². The standard InChI is InChI=1S/C13H10N6S/c14-6-12-18-15-9-19(12)7-11-8-20-13(17-11)16-10-4-2-1-3-5-10/h1-5,8-9H,7H2,(H,16,17). The molecule has 0 unspecified atom stereocenters. The van der Waals surface area contributed by atoms with Gasteiger partial charge in [-0.15, -0.1) is 21.5 Å². The molecule has 3 aromatic rings. The van der Waals surface area contributed by atoms with Crippen LogP contribution in [0.5, 0.6) is 0 Å². The number of hydrogen-bond acceptors (Lipinski definition) is 6. The maximum absolute atomic E-state index is 8.88. The number of nitrogens with zero attached hydrogens (tertiary/aromatic N) is 5. The zero-order valence-electron chi connectivity index (χ0n) is 10.4. The van der Waals surface area contributed by atoms with Gasteiger partial charge in [-0.2, -0.15) is 5.26 Å². The van der Waals surface area contributed by atoms with Crippen molar-refractivity contribution in [3.8, 4) is 6.07 Å². The normalized spacial score (nSPS) is 10.2. The van der Waals surface area contributed by atoms with Crippen molar-refractivity contribution in [3.05, 3.63) is 53.6 Å². The van der Waals surface area contributed by atoms with E-state index in [2.05, 4.69) is 20.5 Å². The topological polar surface area (TPSA) is 79.4 Å². The maximum atomic E-state index is 8.88. The van der Waals surface area contributed by atoms with Gasteiger partial charge in [0.2, 0.25) is 5.82 Å². The van der Waals surface area contributed by atoms with Crippen LogP contribution in [-0.2, 0) is 6.54 Å². The lowest BCUT2D eigenvalue weighted by molar-refractivity contribution is 0.764. The summed E-state index contributed by atoms with van der Waals surface area (Å²) in [4.78, 5) is 4.48. The third kappa shape index (κ3) is 2.65. The summed E-state index contributed by atoms with van der Waals surface area (Å²) in [5, 5.41) is 22.3. The number of anilines is 2. The quantitative estimate of drug-likeness (QED) is 0.794. The highest BCUT2D eigenvalue weighted by atomic mass is 32.1. The van der Waals surface area contributed by atoms with Gasteiger partial charge in [0.25, 0.3) is 0 Å². The summed E-state index contributed by atoms with van der Waals surface area (Å²) in [6, 6.07) is 11.9. The van der Waals surface area contributed by atoms with Crippen LogP contribution in [0.15, 0.2) is 42.0 Å². The Morgan fingerprint density at radius 2 is 2.15 bits per heavy atom. The number of hydrogen-bond donors (Lipinski definition) is 1. The van der Waals surface area contributed by atoms with Gasteiger partial charge in [0, 0.05) is 11.1 Å². The molecular formula is C13H10N6S. The van der Waals surface area contributed by atoms with Crippen LogP contribution in [0.1, 0.15) is 11.5 Å². The van der Waals surface area contributed by atoms with Crippen molar-refractivity contribution >= 4 is 22.2 Å². The molecule has 0 aliphatic rings. The van der Waals surface area contributed by atoms with Gasteiger partial charge >= 0.3 is 0 Å². The molecule has 0 aliphatic heterocycles. The molecule has 0 fully saturated rings. The van der Waals surface area contributed by atoms with Gasteiger partial charge in [-0.25, -0.2) is 4.98 Å². The van der Waals surface area contributed by atoms with Crippen LogP contribution >= 0.6 is 11.3 Å². The van der Waals surface area contributed by atoms with Crippen LogP contribution in [0.3, 0.4) is 0 Å². The van der Waals surface area contributed by atoms with E-state index < -0.39 is 0 Å². The lowest BCUT2D eigenvalue weighted by atomic mass is 10.3. The third-order valence-electron chi connectivity index (χ3n) is 2.62. The molecule has 3 rings (SSSR count). The summed E-state index contributed by atoms with van der Waals surface area (Å²) in [6.07, 6.45) is 1.53. The molecule has 98 valence electrons. The summed E-state index contributed by atoms with van der Waals surface area (Å²) < 4.78 is 1.67. The SMILES string of the molecule is N#Cc1nncn1Cc1csc(Nc2ccccc2)n1. The molecule has 2 heterocycles. The highest BCUT2D eigenvalue weighted by molar-refractivity contribution is 7.13. The van der Waals surface area contributed by atoms with Crippen molar-refractivity contribution in [2.45, 2.75) is 6.54 Å². The average Bonchev–Trinajstić information content (AvgIpc) is 3.10. The third-order valence-corrected chi connectivity index (χ3v) is 3.43. The van der Waals surface area contributed by atoms with Crippen LogP contribution in [0.2, 0.25) is 0 Å². The molecule has 0 radical (unpaired) electrons. The monoisotopic (exact) mass is 282 g/mol. The molecular weight excluding hydrogens is 272 g/mol. The Balaban J connectivity index is 1.73. The Hall–Kier alpha value is -2.72. The van der Waals surface area contributed by atoms with Crippen LogP contribution < -0.4 is 5.32 Å². The Bertz CT molecular complexity index is 740. The van der Waals surface area contributed by atoms with E-state index >= 15 is 0 Å². The lowest BCUT2D eigenvalue weighted by Gasteiger charge is -2.01. The first-order chi connectivity index (χ1) is 9.85. The smallest absolute Gasteiger partial charge is 0.235 e. The molecule has 0 bridgehead atoms. The van der Waals surface area contributed by atoms with E-state index in [1.165, 1.54) is 17.7 Å². The molecule has 0 spiro atoms. The second-order valence-corrected chi connectivity index (χ2v) is 4.89. The summed E-state index contributed by atoms with van der Waals surface area (Å²) in [6.45, 7) is 0.489. The van der Waals surface area contributed by atoms with E-state index in [4.69, 9.17) is 5.26 Å². The number of nitriles is 1. The predicted octanol–water partition coefficient (Wildman–Crippen LogP) is 2.40. The zero-order chi connectivity index (χ0) is 13.8. The number of thiazole rings is 1. The number of rotatable bonds is 4. The number of aromatic nitrogens is 4. The van der Waals surface area contributed by atoms with Crippen molar-refractivity contribution in [3.63, 3.8) is 0 Å². The first-order valence-corrected chi connectivity index (χ1v) is 6.77. The fourth-order valence-corrected chi connectivity index (χ4v) is 2.44. The highest BCUT2D eigenvalue weighted by Crippen LogP contribution is 2.21. The average molecular weight is 282 g/mol. The largest absolute Gasteiger partial charge is 0.332 e. The molecule has 0 atom stereocenters. The number of nitrogens with one attached hydrogen (secondary N) is 1. The molecule has 20 heavy (non-hydrogen) atoms. The minimum absolute atomic E-state index is 0.288. The Labute approximate surface area is 119 Å². The van der Waals surface area contributed by atoms with Gasteiger partial charge in [0.15, 0.2) is 5.13 Å². The van der Waals surface area contributed by atoms with Gasteiger partial charge in [-0.1, -0.05) is 18.2 Å². The fourth-order valence-electron chi connectivity index (χ4n) is 1.71. The number of benzene rings is 1. The van der Waals surface area contributed by atoms with E-state index in [1.54, 1.807) is 4.57 Å². The van der Waals surface area contributed by atoms with Crippen LogP contribution in [0, 0.1) is 11.3 Å². The van der Waals surface area contributed by atoms with Gasteiger partial charge in [0.05, 0.1) is 12.2 Å². The van der Waals surface area contributed by atoms with Gasteiger partial charge in [-0.3, -0.25) is 4.57 Å². The minimum Gasteiger partial charge on any atom is -0.332 e. The predicted molar refractivity (Wildman–Crippen MR) is 75.7 cm³/mol. The maximum Gasteiger partial charge on any atom is 0.235 e. The summed E-state index contributed by atoms with van der Waals surface area (Å²) in [7, 11) is 0. The van der Waals surface area contributed by atoms with Crippen LogP contribution in [0.4, 0.5) is 10.8 Å². The molecule has 6 nitrogen and oxygen atoms in total. The molecule has 1 N–H and O–H groups in total. The fraction of sp³-hybridized carbons (Fsp3) is 0.0769. The first kappa shape index (κ1) is 12.3. The Kier molecular flexibility index (Phi) is 3.39. The van der Waals surface area contributed by atoms with Gasteiger partial charge in [0.1, 0.15) is 12.4 Å². The van der Waals surface area contributed by atoms with E-state index in [0.29, 0.717) is 6.54 Å². The highest BCUT2D eigenvalue weighted by Gasteiger charge is 2.07. The van der Waals surface area contributed by atoms with Crippen molar-refractivity contribution in [2.24, 2.45) is 0 Å². The molecule has 0 aliphatic carbocycles. The summed E-state index contributed by atoms with van der Waals surface area (Å²) in [5.41, 5.74) is 1.86. The second kappa shape index (κ2) is 5.50. The number of para-hydroxylation sites is 1. The van der Waals surface area contributed by atoms with E-state index in [-0.39, 0.29) is 5.82 Å². The summed E-state index contributed by atoms with van der Waals surface area (Å²) >= 11 is 1.52. The minimum atomic E-state index is 0.288. The van der Waals surface area contributed by atoms with E-state index in [0.717, 1.165) is 16.5 Å². The zero-order valence-corrected chi connectivity index (χ0v) is 11.2. The lowest BCUT2D eigenvalue weighted by Crippen LogP contribution is -2.02. The molecule has 7 heteroatoms. The van der Waals surface area contributed by atoms with E-state index in [9.17, 15) is 0 Å². The van der Waals surface area contributed by atoms with E-state index in [1.807, 2.05) is 41.8 Å². The second-order valence-electron chi connectivity index (χ2n) is 4.03. The van der Waals surface area contributed by atoms with Crippen LogP contribution in [0.25, 0.3) is 0 Å². The van der Waals surface area contributed by atoms with Crippen LogP contribution in [-0.4, -0.2) is 19.7 Å².